The van der Waals surface area contributed by atoms with Crippen molar-refractivity contribution in [3.05, 3.63) is 75.7 Å². The Morgan fingerprint density at radius 1 is 1.12 bits per heavy atom. The number of methoxy groups -OCH3 is 1. The van der Waals surface area contributed by atoms with Crippen LogP contribution in [0.1, 0.15) is 36.9 Å². The number of carbonyl (C=O) groups excluding carboxylic acids is 1. The molecule has 10 nitrogen and oxygen atoms in total. The molecule has 0 saturated carbocycles. The van der Waals surface area contributed by atoms with Crippen molar-refractivity contribution in [3.63, 3.8) is 0 Å². The van der Waals surface area contributed by atoms with Crippen LogP contribution >= 0.6 is 11.6 Å². The Hall–Kier alpha value is -4.05. The van der Waals surface area contributed by atoms with Crippen LogP contribution in [0.15, 0.2) is 42.2 Å². The molecule has 1 amide bonds. The standard InChI is InChI=1S/C36H40ClF2N7O3/c1-40-20-25-21-44(17-18-46(25)34(47)28(39)11-19-48-2)33-26-10-16-43(30-7-3-6-24-8-9-27(38)32(37)31(24)30)22-29(26)41-35(42-33)49-23-36-12-4-14-45(36)15-5-13-36/h3,6-9,11,25H,4-5,10,12-23H2,2H3/b28-11-/t25-/m0/s1. The molecule has 5 heterocycles. The van der Waals surface area contributed by atoms with Crippen LogP contribution in [0.3, 0.4) is 0 Å². The van der Waals surface area contributed by atoms with Crippen molar-refractivity contribution in [2.45, 2.75) is 50.2 Å². The molecule has 0 aliphatic carbocycles. The second-order valence-electron chi connectivity index (χ2n) is 13.3. The molecule has 3 aromatic rings. The normalized spacial score (nSPS) is 20.8. The van der Waals surface area contributed by atoms with Gasteiger partial charge in [-0.15, -0.1) is 0 Å². The van der Waals surface area contributed by atoms with Crippen LogP contribution in [-0.2, 0) is 22.5 Å². The highest BCUT2D eigenvalue weighted by atomic mass is 35.5. The van der Waals surface area contributed by atoms with Gasteiger partial charge in [0.1, 0.15) is 24.3 Å². The molecule has 1 atom stereocenters. The highest BCUT2D eigenvalue weighted by molar-refractivity contribution is 6.36. The number of hydrogen-bond donors (Lipinski definition) is 0. The number of amides is 1. The molecule has 7 rings (SSSR count). The van der Waals surface area contributed by atoms with Crippen LogP contribution in [0.4, 0.5) is 20.3 Å². The Morgan fingerprint density at radius 2 is 1.94 bits per heavy atom. The van der Waals surface area contributed by atoms with E-state index in [2.05, 4.69) is 19.5 Å². The molecular weight excluding hydrogens is 652 g/mol. The maximum absolute atomic E-state index is 14.7. The fourth-order valence-electron chi connectivity index (χ4n) is 8.09. The molecule has 0 unspecified atom stereocenters. The minimum atomic E-state index is -0.888. The first-order chi connectivity index (χ1) is 23.8. The van der Waals surface area contributed by atoms with Crippen LogP contribution < -0.4 is 14.5 Å². The summed E-state index contributed by atoms with van der Waals surface area (Å²) in [5.41, 5.74) is 2.60. The first kappa shape index (κ1) is 33.4. The molecule has 0 spiro atoms. The number of benzene rings is 2. The van der Waals surface area contributed by atoms with E-state index in [0.717, 1.165) is 67.2 Å². The minimum absolute atomic E-state index is 0.00234. The third-order valence-electron chi connectivity index (χ3n) is 10.5. The van der Waals surface area contributed by atoms with Gasteiger partial charge in [0.15, 0.2) is 5.83 Å². The number of fused-ring (bicyclic) bond motifs is 3. The smallest absolute Gasteiger partial charge is 0.318 e. The van der Waals surface area contributed by atoms with Gasteiger partial charge in [-0.1, -0.05) is 29.8 Å². The van der Waals surface area contributed by atoms with Crippen molar-refractivity contribution in [1.29, 1.82) is 0 Å². The first-order valence-electron chi connectivity index (χ1n) is 16.9. The van der Waals surface area contributed by atoms with E-state index < -0.39 is 23.6 Å². The van der Waals surface area contributed by atoms with Crippen LogP contribution in [0.5, 0.6) is 6.01 Å². The van der Waals surface area contributed by atoms with Gasteiger partial charge in [0.05, 0.1) is 29.4 Å². The molecule has 13 heteroatoms. The lowest BCUT2D eigenvalue weighted by atomic mass is 9.95. The van der Waals surface area contributed by atoms with E-state index in [4.69, 9.17) is 37.6 Å². The molecule has 3 saturated heterocycles. The summed E-state index contributed by atoms with van der Waals surface area (Å²) in [5, 5.41) is 1.61. The number of ether oxygens (including phenoxy) is 2. The monoisotopic (exact) mass is 691 g/mol. The van der Waals surface area contributed by atoms with Gasteiger partial charge in [0, 0.05) is 49.9 Å². The van der Waals surface area contributed by atoms with Gasteiger partial charge in [0.25, 0.3) is 5.91 Å². The number of aromatic nitrogens is 2. The summed E-state index contributed by atoms with van der Waals surface area (Å²) in [7, 11) is 1.43. The van der Waals surface area contributed by atoms with E-state index in [1.807, 2.05) is 18.2 Å². The molecular formula is C36H40ClF2N7O3. The Kier molecular flexibility index (Phi) is 9.59. The van der Waals surface area contributed by atoms with Crippen LogP contribution in [0, 0.1) is 12.4 Å². The Labute approximate surface area is 290 Å². The summed E-state index contributed by atoms with van der Waals surface area (Å²) < 4.78 is 40.8. The molecule has 4 aliphatic heterocycles. The Bertz CT molecular complexity index is 1810. The lowest BCUT2D eigenvalue weighted by molar-refractivity contribution is -0.131. The summed E-state index contributed by atoms with van der Waals surface area (Å²) in [6, 6.07) is 8.71. The fraction of sp³-hybridized carbons (Fsp3) is 0.500. The van der Waals surface area contributed by atoms with Crippen molar-refractivity contribution >= 4 is 39.8 Å². The molecule has 0 bridgehead atoms. The number of carbonyl (C=O) groups is 1. The lowest BCUT2D eigenvalue weighted by Gasteiger charge is -2.41. The van der Waals surface area contributed by atoms with E-state index in [1.165, 1.54) is 18.1 Å². The van der Waals surface area contributed by atoms with Crippen molar-refractivity contribution in [3.8, 4) is 6.01 Å². The van der Waals surface area contributed by atoms with Crippen molar-refractivity contribution in [2.75, 3.05) is 75.9 Å². The first-order valence-corrected chi connectivity index (χ1v) is 17.3. The zero-order chi connectivity index (χ0) is 34.1. The number of nitrogens with zero attached hydrogens (tertiary/aromatic N) is 7. The van der Waals surface area contributed by atoms with E-state index in [0.29, 0.717) is 56.4 Å². The third kappa shape index (κ3) is 6.40. The lowest BCUT2D eigenvalue weighted by Crippen LogP contribution is -2.57. The van der Waals surface area contributed by atoms with Crippen molar-refractivity contribution in [2.24, 2.45) is 0 Å². The molecule has 3 fully saturated rings. The summed E-state index contributed by atoms with van der Waals surface area (Å²) in [5.74, 6) is -1.38. The number of anilines is 2. The minimum Gasteiger partial charge on any atom is -0.461 e. The largest absolute Gasteiger partial charge is 0.461 e. The molecule has 2 aromatic carbocycles. The highest BCUT2D eigenvalue weighted by Crippen LogP contribution is 2.41. The van der Waals surface area contributed by atoms with E-state index in [9.17, 15) is 13.6 Å². The SMILES string of the molecule is [C-]#[N+]C[C@H]1CN(c2nc(OCC34CCCN3CCC4)nc3c2CCN(c2cccc4ccc(F)c(Cl)c24)C3)CCN1C(=O)/C(F)=C/COC. The van der Waals surface area contributed by atoms with Gasteiger partial charge in [-0.2, -0.15) is 9.97 Å². The van der Waals surface area contributed by atoms with E-state index >= 15 is 0 Å². The van der Waals surface area contributed by atoms with Gasteiger partial charge < -0.3 is 29.0 Å². The molecule has 1 aromatic heterocycles. The van der Waals surface area contributed by atoms with Gasteiger partial charge in [-0.05, 0) is 68.8 Å². The molecule has 0 N–H and O–H groups in total. The van der Waals surface area contributed by atoms with Crippen LogP contribution in [-0.4, -0.2) is 103 Å². The quantitative estimate of drug-likeness (QED) is 0.217. The van der Waals surface area contributed by atoms with Crippen molar-refractivity contribution < 1.29 is 23.0 Å². The average Bonchev–Trinajstić information content (AvgIpc) is 3.71. The predicted molar refractivity (Wildman–Crippen MR) is 184 cm³/mol. The summed E-state index contributed by atoms with van der Waals surface area (Å²) >= 11 is 6.53. The zero-order valence-electron chi connectivity index (χ0n) is 27.6. The second kappa shape index (κ2) is 14.1. The van der Waals surface area contributed by atoms with Gasteiger partial charge in [-0.3, -0.25) is 9.69 Å². The number of hydrogen-bond acceptors (Lipinski definition) is 8. The summed E-state index contributed by atoms with van der Waals surface area (Å²) in [4.78, 5) is 34.8. The van der Waals surface area contributed by atoms with E-state index in [1.54, 1.807) is 6.07 Å². The Balaban J connectivity index is 1.22. The Morgan fingerprint density at radius 3 is 2.71 bits per heavy atom. The predicted octanol–water partition coefficient (Wildman–Crippen LogP) is 5.43. The van der Waals surface area contributed by atoms with Crippen LogP contribution in [0.2, 0.25) is 5.02 Å². The number of piperazine rings is 1. The summed E-state index contributed by atoms with van der Waals surface area (Å²) in [6.45, 7) is 12.3. The van der Waals surface area contributed by atoms with Gasteiger partial charge >= 0.3 is 6.01 Å². The van der Waals surface area contributed by atoms with Gasteiger partial charge in [0.2, 0.25) is 6.54 Å². The molecule has 4 aliphatic rings. The van der Waals surface area contributed by atoms with Gasteiger partial charge in [-0.25, -0.2) is 15.4 Å². The van der Waals surface area contributed by atoms with Crippen molar-refractivity contribution in [1.82, 2.24) is 19.8 Å². The number of rotatable bonds is 9. The average molecular weight is 692 g/mol. The number of halogens is 3. The zero-order valence-corrected chi connectivity index (χ0v) is 28.4. The van der Waals surface area contributed by atoms with Crippen LogP contribution in [0.25, 0.3) is 15.6 Å². The summed E-state index contributed by atoms with van der Waals surface area (Å²) in [6.07, 6.45) is 6.19. The maximum Gasteiger partial charge on any atom is 0.318 e. The molecule has 258 valence electrons. The second-order valence-corrected chi connectivity index (χ2v) is 13.7. The molecule has 49 heavy (non-hydrogen) atoms. The fourth-order valence-corrected chi connectivity index (χ4v) is 8.36. The third-order valence-corrected chi connectivity index (χ3v) is 10.9. The highest BCUT2D eigenvalue weighted by Gasteiger charge is 2.45. The maximum atomic E-state index is 14.7. The molecule has 0 radical (unpaired) electrons. The topological polar surface area (TPSA) is 78.6 Å². The van der Waals surface area contributed by atoms with E-state index in [-0.39, 0.29) is 30.3 Å².